The second-order valence-electron chi connectivity index (χ2n) is 5.32. The summed E-state index contributed by atoms with van der Waals surface area (Å²) in [5, 5.41) is 0. The van der Waals surface area contributed by atoms with Crippen LogP contribution in [0.2, 0.25) is 0 Å². The summed E-state index contributed by atoms with van der Waals surface area (Å²) in [5.41, 5.74) is 5.80. The summed E-state index contributed by atoms with van der Waals surface area (Å²) in [6, 6.07) is 7.84. The van der Waals surface area contributed by atoms with Crippen molar-refractivity contribution in [2.24, 2.45) is 0 Å². The van der Waals surface area contributed by atoms with Crippen molar-refractivity contribution in [1.82, 2.24) is 0 Å². The van der Waals surface area contributed by atoms with Crippen molar-refractivity contribution in [2.45, 2.75) is 39.5 Å². The molecule has 0 nitrogen and oxygen atoms in total. The molecular weight excluding hydrogens is 330 g/mol. The first-order valence-corrected chi connectivity index (χ1v) is 11.9. The molecule has 0 saturated heterocycles. The maximum absolute atomic E-state index is 4.93. The minimum atomic E-state index is -0.826. The van der Waals surface area contributed by atoms with Crippen molar-refractivity contribution in [1.29, 1.82) is 0 Å². The summed E-state index contributed by atoms with van der Waals surface area (Å²) in [6.45, 7) is 8.93. The molecule has 0 radical (unpaired) electrons. The second kappa shape index (κ2) is 6.55. The Hall–Kier alpha value is 0.423. The van der Waals surface area contributed by atoms with Gasteiger partial charge in [0.15, 0.2) is 0 Å². The van der Waals surface area contributed by atoms with Gasteiger partial charge in [0.25, 0.3) is 0 Å². The first-order chi connectivity index (χ1) is 7.88. The third-order valence-corrected chi connectivity index (χ3v) is 2.78. The van der Waals surface area contributed by atoms with Crippen LogP contribution in [0.4, 0.5) is 0 Å². The maximum atomic E-state index is 4.93. The topological polar surface area (TPSA) is 0 Å². The quantitative estimate of drug-likeness (QED) is 0.572. The van der Waals surface area contributed by atoms with Gasteiger partial charge < -0.3 is 0 Å². The van der Waals surface area contributed by atoms with Crippen LogP contribution in [0.5, 0.6) is 0 Å². The molecule has 0 aromatic heterocycles. The zero-order chi connectivity index (χ0) is 13.1. The minimum absolute atomic E-state index is 0.238. The number of allylic oxidation sites excluding steroid dienone is 1. The molecule has 0 spiro atoms. The number of rotatable bonds is 0. The molecule has 0 amide bonds. The molecule has 92 valence electrons. The molecule has 0 unspecified atom stereocenters. The fourth-order valence-electron chi connectivity index (χ4n) is 1.87. The molecule has 1 aromatic carbocycles. The standard InChI is InChI=1S/C14H17.2ClH.Zr/c1-10-7-11-5-6-13(14(2,3)4)9-12(11)8-10;;;/h6-7,9H,8H2,1-4H3;2*1H;/q-1;;;+2/p-2. The molecular formula is C14H17Cl2Zr-. The summed E-state index contributed by atoms with van der Waals surface area (Å²) < 4.78 is 0. The molecule has 17 heavy (non-hydrogen) atoms. The van der Waals surface area contributed by atoms with Crippen LogP contribution in [0.1, 0.15) is 44.4 Å². The van der Waals surface area contributed by atoms with E-state index in [2.05, 4.69) is 52.0 Å². The van der Waals surface area contributed by atoms with Crippen LogP contribution in [0, 0.1) is 6.07 Å². The van der Waals surface area contributed by atoms with Crippen molar-refractivity contribution in [3.63, 3.8) is 0 Å². The van der Waals surface area contributed by atoms with Crippen molar-refractivity contribution >= 4 is 23.1 Å². The van der Waals surface area contributed by atoms with Crippen LogP contribution in [0.25, 0.3) is 6.08 Å². The molecule has 1 aliphatic rings. The molecule has 0 fully saturated rings. The van der Waals surface area contributed by atoms with Crippen LogP contribution in [-0.4, -0.2) is 0 Å². The van der Waals surface area contributed by atoms with Crippen LogP contribution in [-0.2, 0) is 32.7 Å². The van der Waals surface area contributed by atoms with Crippen molar-refractivity contribution < 1.29 is 20.8 Å². The van der Waals surface area contributed by atoms with Crippen molar-refractivity contribution in [3.8, 4) is 0 Å². The Morgan fingerprint density at radius 1 is 1.29 bits per heavy atom. The first kappa shape index (κ1) is 15.5. The van der Waals surface area contributed by atoms with E-state index in [1.165, 1.54) is 22.3 Å². The second-order valence-corrected chi connectivity index (χ2v) is 9.05. The van der Waals surface area contributed by atoms with E-state index in [-0.39, 0.29) is 5.41 Å². The van der Waals surface area contributed by atoms with Gasteiger partial charge in [0.05, 0.1) is 0 Å². The van der Waals surface area contributed by atoms with E-state index >= 15 is 0 Å². The molecule has 0 aliphatic heterocycles. The fraction of sp³-hybridized carbons (Fsp3) is 0.429. The number of halogens is 2. The van der Waals surface area contributed by atoms with E-state index in [4.69, 9.17) is 17.0 Å². The van der Waals surface area contributed by atoms with Gasteiger partial charge in [-0.2, -0.15) is 0 Å². The predicted octanol–water partition coefficient (Wildman–Crippen LogP) is 5.12. The summed E-state index contributed by atoms with van der Waals surface area (Å²) in [6.07, 6.45) is 3.34. The van der Waals surface area contributed by atoms with Gasteiger partial charge in [-0.15, -0.1) is 46.5 Å². The van der Waals surface area contributed by atoms with Gasteiger partial charge in [-0.25, -0.2) is 0 Å². The Labute approximate surface area is 123 Å². The molecule has 0 saturated carbocycles. The monoisotopic (exact) mass is 345 g/mol. The SMILES string of the molecule is CC1=Cc2[c-]cc(C(C)(C)C)cc2C1.[Cl][Zr][Cl]. The van der Waals surface area contributed by atoms with E-state index in [1.807, 2.05) is 0 Å². The third kappa shape index (κ3) is 4.54. The van der Waals surface area contributed by atoms with Crippen LogP contribution in [0.3, 0.4) is 0 Å². The number of benzene rings is 1. The summed E-state index contributed by atoms with van der Waals surface area (Å²) >= 11 is -0.826. The van der Waals surface area contributed by atoms with Crippen LogP contribution >= 0.6 is 17.0 Å². The Kier molecular flexibility index (Phi) is 5.96. The zero-order valence-corrected chi connectivity index (χ0v) is 14.7. The van der Waals surface area contributed by atoms with Gasteiger partial charge in [-0.05, 0) is 11.8 Å². The van der Waals surface area contributed by atoms with E-state index in [0.717, 1.165) is 6.42 Å². The van der Waals surface area contributed by atoms with Gasteiger partial charge in [0, 0.05) is 0 Å². The van der Waals surface area contributed by atoms with Gasteiger partial charge in [-0.1, -0.05) is 27.7 Å². The summed E-state index contributed by atoms with van der Waals surface area (Å²) in [4.78, 5) is 0. The van der Waals surface area contributed by atoms with Gasteiger partial charge >= 0.3 is 37.9 Å². The Morgan fingerprint density at radius 2 is 1.88 bits per heavy atom. The van der Waals surface area contributed by atoms with E-state index in [9.17, 15) is 0 Å². The van der Waals surface area contributed by atoms with Gasteiger partial charge in [0.2, 0.25) is 0 Å². The Morgan fingerprint density at radius 3 is 2.41 bits per heavy atom. The van der Waals surface area contributed by atoms with Crippen molar-refractivity contribution in [3.05, 3.63) is 40.5 Å². The predicted molar refractivity (Wildman–Crippen MR) is 73.0 cm³/mol. The molecule has 1 aliphatic carbocycles. The van der Waals surface area contributed by atoms with E-state index in [1.54, 1.807) is 0 Å². The van der Waals surface area contributed by atoms with Gasteiger partial charge in [-0.3, -0.25) is 0 Å². The zero-order valence-electron chi connectivity index (χ0n) is 10.7. The van der Waals surface area contributed by atoms with Crippen molar-refractivity contribution in [2.75, 3.05) is 0 Å². The Balaban J connectivity index is 0.000000437. The number of fused-ring (bicyclic) bond motifs is 1. The summed E-state index contributed by atoms with van der Waals surface area (Å²) in [7, 11) is 9.87. The molecule has 3 heteroatoms. The average molecular weight is 347 g/mol. The number of hydrogen-bond donors (Lipinski definition) is 0. The normalized spacial score (nSPS) is 13.4. The summed E-state index contributed by atoms with van der Waals surface area (Å²) in [5.74, 6) is 0. The first-order valence-electron chi connectivity index (χ1n) is 5.57. The van der Waals surface area contributed by atoms with E-state index < -0.39 is 20.8 Å². The Bertz CT molecular complexity index is 417. The third-order valence-electron chi connectivity index (χ3n) is 2.78. The van der Waals surface area contributed by atoms with Gasteiger partial charge in [0.1, 0.15) is 0 Å². The molecule has 2 rings (SSSR count). The number of hydrogen-bond acceptors (Lipinski definition) is 0. The molecule has 0 bridgehead atoms. The van der Waals surface area contributed by atoms with E-state index in [0.29, 0.717) is 0 Å². The van der Waals surface area contributed by atoms with Crippen LogP contribution in [0.15, 0.2) is 17.7 Å². The molecule has 0 atom stereocenters. The fourth-order valence-corrected chi connectivity index (χ4v) is 1.87. The van der Waals surface area contributed by atoms with Crippen LogP contribution < -0.4 is 0 Å². The molecule has 1 aromatic rings. The molecule has 0 N–H and O–H groups in total. The molecule has 0 heterocycles. The average Bonchev–Trinajstić information content (AvgIpc) is 2.56.